The van der Waals surface area contributed by atoms with E-state index >= 15 is 0 Å². The molecule has 1 fully saturated rings. The zero-order valence-corrected chi connectivity index (χ0v) is 6.92. The van der Waals surface area contributed by atoms with Gasteiger partial charge in [0.15, 0.2) is 0 Å². The van der Waals surface area contributed by atoms with Crippen LogP contribution in [0.4, 0.5) is 0 Å². The van der Waals surface area contributed by atoms with E-state index < -0.39 is 0 Å². The number of hydrogen-bond acceptors (Lipinski definition) is 1. The Morgan fingerprint density at radius 1 is 1.64 bits per heavy atom. The molecule has 1 nitrogen and oxygen atoms in total. The SMILES string of the molecule is C=CCC1=CN2CCC2CC1. The van der Waals surface area contributed by atoms with Gasteiger partial charge in [0.1, 0.15) is 0 Å². The van der Waals surface area contributed by atoms with Crippen molar-refractivity contribution in [3.63, 3.8) is 0 Å². The summed E-state index contributed by atoms with van der Waals surface area (Å²) in [5, 5.41) is 0. The van der Waals surface area contributed by atoms with Crippen LogP contribution in [0, 0.1) is 0 Å². The zero-order valence-electron chi connectivity index (χ0n) is 6.92. The highest BCUT2D eigenvalue weighted by Gasteiger charge is 2.28. The second-order valence-electron chi connectivity index (χ2n) is 3.50. The second-order valence-corrected chi connectivity index (χ2v) is 3.50. The van der Waals surface area contributed by atoms with Crippen LogP contribution in [0.5, 0.6) is 0 Å². The second kappa shape index (κ2) is 2.72. The summed E-state index contributed by atoms with van der Waals surface area (Å²) in [6.45, 7) is 5.04. The minimum absolute atomic E-state index is 0.892. The first-order chi connectivity index (χ1) is 5.40. The van der Waals surface area contributed by atoms with Gasteiger partial charge in [-0.15, -0.1) is 6.58 Å². The Kier molecular flexibility index (Phi) is 1.72. The summed E-state index contributed by atoms with van der Waals surface area (Å²) in [5.41, 5.74) is 1.57. The van der Waals surface area contributed by atoms with Gasteiger partial charge in [0.2, 0.25) is 0 Å². The molecule has 2 rings (SSSR count). The van der Waals surface area contributed by atoms with Gasteiger partial charge in [0.25, 0.3) is 0 Å². The molecule has 0 bridgehead atoms. The quantitative estimate of drug-likeness (QED) is 0.545. The summed E-state index contributed by atoms with van der Waals surface area (Å²) in [4.78, 5) is 2.47. The highest BCUT2D eigenvalue weighted by Crippen LogP contribution is 2.30. The van der Waals surface area contributed by atoms with Crippen molar-refractivity contribution in [3.8, 4) is 0 Å². The zero-order chi connectivity index (χ0) is 7.68. The van der Waals surface area contributed by atoms with Crippen molar-refractivity contribution < 1.29 is 0 Å². The first-order valence-corrected chi connectivity index (χ1v) is 4.46. The van der Waals surface area contributed by atoms with E-state index in [1.807, 2.05) is 6.08 Å². The molecule has 0 aliphatic carbocycles. The van der Waals surface area contributed by atoms with Crippen molar-refractivity contribution in [2.75, 3.05) is 6.54 Å². The molecule has 2 heterocycles. The maximum Gasteiger partial charge on any atom is 0.0304 e. The molecule has 0 N–H and O–H groups in total. The van der Waals surface area contributed by atoms with Gasteiger partial charge in [-0.3, -0.25) is 0 Å². The molecule has 1 saturated heterocycles. The molecule has 0 amide bonds. The number of hydrogen-bond donors (Lipinski definition) is 0. The van der Waals surface area contributed by atoms with Crippen LogP contribution in [0.15, 0.2) is 24.4 Å². The lowest BCUT2D eigenvalue weighted by Gasteiger charge is -2.44. The number of allylic oxidation sites excluding steroid dienone is 2. The third-order valence-electron chi connectivity index (χ3n) is 2.74. The van der Waals surface area contributed by atoms with Crippen LogP contribution < -0.4 is 0 Å². The van der Waals surface area contributed by atoms with E-state index in [0.717, 1.165) is 12.5 Å². The first kappa shape index (κ1) is 6.96. The molecular weight excluding hydrogens is 134 g/mol. The van der Waals surface area contributed by atoms with Gasteiger partial charge < -0.3 is 4.90 Å². The number of fused-ring (bicyclic) bond motifs is 1. The molecule has 0 spiro atoms. The minimum Gasteiger partial charge on any atom is -0.374 e. The van der Waals surface area contributed by atoms with Gasteiger partial charge in [-0.1, -0.05) is 11.6 Å². The normalized spacial score (nSPS) is 28.5. The van der Waals surface area contributed by atoms with Crippen molar-refractivity contribution in [1.29, 1.82) is 0 Å². The van der Waals surface area contributed by atoms with Gasteiger partial charge in [-0.05, 0) is 31.9 Å². The predicted octanol–water partition coefficient (Wildman–Crippen LogP) is 2.31. The maximum absolute atomic E-state index is 3.76. The summed E-state index contributed by atoms with van der Waals surface area (Å²) >= 11 is 0. The molecule has 1 atom stereocenters. The van der Waals surface area contributed by atoms with Crippen LogP contribution in [0.3, 0.4) is 0 Å². The van der Waals surface area contributed by atoms with E-state index in [9.17, 15) is 0 Å². The van der Waals surface area contributed by atoms with Gasteiger partial charge >= 0.3 is 0 Å². The largest absolute Gasteiger partial charge is 0.374 e. The third-order valence-corrected chi connectivity index (χ3v) is 2.74. The topological polar surface area (TPSA) is 3.24 Å². The maximum atomic E-state index is 3.76. The first-order valence-electron chi connectivity index (χ1n) is 4.46. The van der Waals surface area contributed by atoms with E-state index in [-0.39, 0.29) is 0 Å². The molecule has 0 aromatic carbocycles. The van der Waals surface area contributed by atoms with E-state index in [0.29, 0.717) is 0 Å². The monoisotopic (exact) mass is 149 g/mol. The molecule has 0 saturated carbocycles. The van der Waals surface area contributed by atoms with Gasteiger partial charge in [-0.2, -0.15) is 0 Å². The molecule has 60 valence electrons. The van der Waals surface area contributed by atoms with Crippen LogP contribution in [0.1, 0.15) is 25.7 Å². The Hall–Kier alpha value is -0.720. The van der Waals surface area contributed by atoms with Crippen LogP contribution in [0.2, 0.25) is 0 Å². The van der Waals surface area contributed by atoms with Crippen molar-refractivity contribution in [2.45, 2.75) is 31.7 Å². The van der Waals surface area contributed by atoms with Gasteiger partial charge in [0.05, 0.1) is 0 Å². The van der Waals surface area contributed by atoms with Crippen LogP contribution in [0.25, 0.3) is 0 Å². The van der Waals surface area contributed by atoms with Crippen molar-refractivity contribution >= 4 is 0 Å². The average molecular weight is 149 g/mol. The summed E-state index contributed by atoms with van der Waals surface area (Å²) in [6.07, 6.45) is 9.53. The van der Waals surface area contributed by atoms with E-state index in [1.165, 1.54) is 25.8 Å². The average Bonchev–Trinajstić information content (AvgIpc) is 1.96. The Balaban J connectivity index is 2.00. The molecule has 11 heavy (non-hydrogen) atoms. The van der Waals surface area contributed by atoms with Crippen molar-refractivity contribution in [3.05, 3.63) is 24.4 Å². The van der Waals surface area contributed by atoms with Gasteiger partial charge in [-0.25, -0.2) is 0 Å². The third kappa shape index (κ3) is 1.20. The molecule has 0 aromatic rings. The number of nitrogens with zero attached hydrogens (tertiary/aromatic N) is 1. The van der Waals surface area contributed by atoms with Crippen molar-refractivity contribution in [2.24, 2.45) is 0 Å². The lowest BCUT2D eigenvalue weighted by atomic mass is 9.91. The van der Waals surface area contributed by atoms with E-state index in [1.54, 1.807) is 5.57 Å². The molecule has 0 radical (unpaired) electrons. The smallest absolute Gasteiger partial charge is 0.0304 e. The van der Waals surface area contributed by atoms with Crippen LogP contribution in [-0.2, 0) is 0 Å². The van der Waals surface area contributed by atoms with Crippen molar-refractivity contribution in [1.82, 2.24) is 4.90 Å². The summed E-state index contributed by atoms with van der Waals surface area (Å²) < 4.78 is 0. The molecular formula is C10H15N. The lowest BCUT2D eigenvalue weighted by Crippen LogP contribution is -2.45. The molecule has 1 unspecified atom stereocenters. The fraction of sp³-hybridized carbons (Fsp3) is 0.600. The molecule has 2 aliphatic heterocycles. The highest BCUT2D eigenvalue weighted by atomic mass is 15.2. The summed E-state index contributed by atoms with van der Waals surface area (Å²) in [7, 11) is 0. The Morgan fingerprint density at radius 2 is 2.55 bits per heavy atom. The summed E-state index contributed by atoms with van der Waals surface area (Å²) in [6, 6.07) is 0.892. The standard InChI is InChI=1S/C10H15N/c1-2-3-9-4-5-10-6-7-11(10)8-9/h2,8,10H,1,3-7H2. The molecule has 0 aromatic heterocycles. The van der Waals surface area contributed by atoms with E-state index in [2.05, 4.69) is 17.7 Å². The Bertz CT molecular complexity index is 193. The Labute approximate surface area is 68.4 Å². The predicted molar refractivity (Wildman–Crippen MR) is 47.2 cm³/mol. The minimum atomic E-state index is 0.892. The van der Waals surface area contributed by atoms with E-state index in [4.69, 9.17) is 0 Å². The highest BCUT2D eigenvalue weighted by molar-refractivity contribution is 5.12. The fourth-order valence-electron chi connectivity index (χ4n) is 1.93. The van der Waals surface area contributed by atoms with Crippen LogP contribution >= 0.6 is 0 Å². The fourth-order valence-corrected chi connectivity index (χ4v) is 1.93. The summed E-state index contributed by atoms with van der Waals surface area (Å²) in [5.74, 6) is 0. The van der Waals surface area contributed by atoms with Crippen LogP contribution in [-0.4, -0.2) is 17.5 Å². The lowest BCUT2D eigenvalue weighted by molar-refractivity contribution is 0.132. The number of rotatable bonds is 2. The molecule has 1 heteroatoms. The molecule has 2 aliphatic rings. The van der Waals surface area contributed by atoms with Gasteiger partial charge in [0, 0.05) is 12.6 Å². The Morgan fingerprint density at radius 3 is 3.09 bits per heavy atom.